The summed E-state index contributed by atoms with van der Waals surface area (Å²) in [7, 11) is 0. The van der Waals surface area contributed by atoms with E-state index in [0.717, 1.165) is 31.6 Å². The highest BCUT2D eigenvalue weighted by atomic mass is 16.5. The topological polar surface area (TPSA) is 63.6 Å². The molecular formula is C20H38O4. The van der Waals surface area contributed by atoms with Crippen LogP contribution in [0.5, 0.6) is 0 Å². The third kappa shape index (κ3) is 14.5. The smallest absolute Gasteiger partial charge is 0.306 e. The summed E-state index contributed by atoms with van der Waals surface area (Å²) < 4.78 is 5.50. The summed E-state index contributed by atoms with van der Waals surface area (Å²) in [6, 6.07) is 0. The molecule has 4 heteroatoms. The molecule has 0 spiro atoms. The van der Waals surface area contributed by atoms with Gasteiger partial charge in [-0.05, 0) is 56.8 Å². The number of unbranched alkanes of at least 4 members (excludes halogenated alkanes) is 3. The van der Waals surface area contributed by atoms with Crippen LogP contribution in [0.25, 0.3) is 0 Å². The van der Waals surface area contributed by atoms with Crippen LogP contribution in [0.3, 0.4) is 0 Å². The van der Waals surface area contributed by atoms with Gasteiger partial charge in [0.2, 0.25) is 0 Å². The van der Waals surface area contributed by atoms with Crippen molar-refractivity contribution >= 4 is 11.9 Å². The zero-order valence-corrected chi connectivity index (χ0v) is 16.3. The molecule has 3 atom stereocenters. The van der Waals surface area contributed by atoms with Crippen LogP contribution in [0.4, 0.5) is 0 Å². The lowest BCUT2D eigenvalue weighted by Crippen LogP contribution is -2.18. The standard InChI is InChI=1S/C20H38O4/c1-15(2)12-16(3)13-17(4)14-18(5)24-20(23)11-9-7-6-8-10-19(21)22/h15-18H,6-14H2,1-5H3,(H,21,22). The molecule has 0 aromatic heterocycles. The molecule has 0 radical (unpaired) electrons. The van der Waals surface area contributed by atoms with Gasteiger partial charge in [0.05, 0.1) is 6.10 Å². The summed E-state index contributed by atoms with van der Waals surface area (Å²) in [6.07, 6.45) is 7.21. The Morgan fingerprint density at radius 2 is 1.33 bits per heavy atom. The van der Waals surface area contributed by atoms with Crippen molar-refractivity contribution < 1.29 is 19.4 Å². The van der Waals surface area contributed by atoms with Gasteiger partial charge >= 0.3 is 11.9 Å². The van der Waals surface area contributed by atoms with Gasteiger partial charge in [-0.15, -0.1) is 0 Å². The first-order valence-corrected chi connectivity index (χ1v) is 9.62. The molecule has 0 heterocycles. The van der Waals surface area contributed by atoms with Gasteiger partial charge in [-0.3, -0.25) is 9.59 Å². The zero-order valence-electron chi connectivity index (χ0n) is 16.3. The second-order valence-corrected chi connectivity index (χ2v) is 7.92. The Bertz CT molecular complexity index is 352. The summed E-state index contributed by atoms with van der Waals surface area (Å²) in [5, 5.41) is 8.55. The third-order valence-electron chi connectivity index (χ3n) is 4.27. The summed E-state index contributed by atoms with van der Waals surface area (Å²) in [5.41, 5.74) is 0. The highest BCUT2D eigenvalue weighted by molar-refractivity contribution is 5.69. The van der Waals surface area contributed by atoms with Crippen molar-refractivity contribution in [2.45, 2.75) is 98.5 Å². The predicted molar refractivity (Wildman–Crippen MR) is 97.9 cm³/mol. The normalized spacial score (nSPS) is 15.1. The Labute approximate surface area is 148 Å². The molecule has 0 aliphatic carbocycles. The maximum Gasteiger partial charge on any atom is 0.306 e. The molecule has 4 nitrogen and oxygen atoms in total. The second kappa shape index (κ2) is 13.3. The number of hydrogen-bond acceptors (Lipinski definition) is 3. The molecule has 3 unspecified atom stereocenters. The number of hydrogen-bond donors (Lipinski definition) is 1. The Morgan fingerprint density at radius 1 is 0.792 bits per heavy atom. The molecule has 0 fully saturated rings. The van der Waals surface area contributed by atoms with E-state index >= 15 is 0 Å². The SMILES string of the molecule is CC(C)CC(C)CC(C)CC(C)OC(=O)CCCCCCC(=O)O. The first-order valence-electron chi connectivity index (χ1n) is 9.62. The number of carboxylic acids is 1. The monoisotopic (exact) mass is 342 g/mol. The molecule has 0 aliphatic heterocycles. The van der Waals surface area contributed by atoms with E-state index in [0.29, 0.717) is 24.7 Å². The van der Waals surface area contributed by atoms with Crippen molar-refractivity contribution in [2.24, 2.45) is 17.8 Å². The lowest BCUT2D eigenvalue weighted by molar-refractivity contribution is -0.149. The van der Waals surface area contributed by atoms with Gasteiger partial charge in [0.15, 0.2) is 0 Å². The van der Waals surface area contributed by atoms with E-state index in [1.807, 2.05) is 6.92 Å². The number of rotatable bonds is 14. The van der Waals surface area contributed by atoms with Gasteiger partial charge in [-0.1, -0.05) is 40.5 Å². The average Bonchev–Trinajstić information content (AvgIpc) is 2.40. The van der Waals surface area contributed by atoms with Crippen LogP contribution in [0.1, 0.15) is 92.4 Å². The highest BCUT2D eigenvalue weighted by Crippen LogP contribution is 2.23. The molecule has 0 saturated carbocycles. The Hall–Kier alpha value is -1.06. The van der Waals surface area contributed by atoms with Gasteiger partial charge in [0, 0.05) is 12.8 Å². The fourth-order valence-corrected chi connectivity index (χ4v) is 3.48. The molecule has 0 aromatic carbocycles. The quantitative estimate of drug-likeness (QED) is 0.337. The number of aliphatic carboxylic acids is 1. The van der Waals surface area contributed by atoms with Crippen LogP contribution in [0, 0.1) is 17.8 Å². The fourth-order valence-electron chi connectivity index (χ4n) is 3.48. The van der Waals surface area contributed by atoms with Gasteiger partial charge in [0.1, 0.15) is 0 Å². The summed E-state index contributed by atoms with van der Waals surface area (Å²) in [4.78, 5) is 22.2. The molecule has 0 bridgehead atoms. The van der Waals surface area contributed by atoms with Crippen molar-refractivity contribution in [2.75, 3.05) is 0 Å². The van der Waals surface area contributed by atoms with Crippen molar-refractivity contribution in [1.29, 1.82) is 0 Å². The van der Waals surface area contributed by atoms with E-state index in [1.165, 1.54) is 12.8 Å². The number of carbonyl (C=O) groups is 2. The van der Waals surface area contributed by atoms with Crippen LogP contribution in [0.2, 0.25) is 0 Å². The molecular weight excluding hydrogens is 304 g/mol. The van der Waals surface area contributed by atoms with Crippen molar-refractivity contribution in [3.8, 4) is 0 Å². The largest absolute Gasteiger partial charge is 0.481 e. The number of carboxylic acid groups (broad SMARTS) is 1. The summed E-state index contributed by atoms with van der Waals surface area (Å²) >= 11 is 0. The fraction of sp³-hybridized carbons (Fsp3) is 0.900. The molecule has 0 amide bonds. The maximum absolute atomic E-state index is 11.8. The van der Waals surface area contributed by atoms with Crippen molar-refractivity contribution in [3.05, 3.63) is 0 Å². The van der Waals surface area contributed by atoms with Crippen LogP contribution < -0.4 is 0 Å². The number of ether oxygens (including phenoxy) is 1. The van der Waals surface area contributed by atoms with E-state index in [4.69, 9.17) is 9.84 Å². The van der Waals surface area contributed by atoms with Crippen LogP contribution >= 0.6 is 0 Å². The lowest BCUT2D eigenvalue weighted by atomic mass is 9.88. The van der Waals surface area contributed by atoms with Gasteiger partial charge in [-0.2, -0.15) is 0 Å². The number of carbonyl (C=O) groups excluding carboxylic acids is 1. The molecule has 0 aromatic rings. The van der Waals surface area contributed by atoms with Crippen LogP contribution in [-0.2, 0) is 14.3 Å². The van der Waals surface area contributed by atoms with E-state index < -0.39 is 5.97 Å². The molecule has 142 valence electrons. The van der Waals surface area contributed by atoms with E-state index in [2.05, 4.69) is 27.7 Å². The summed E-state index contributed by atoms with van der Waals surface area (Å²) in [5.74, 6) is 1.15. The average molecular weight is 343 g/mol. The van der Waals surface area contributed by atoms with E-state index in [-0.39, 0.29) is 18.5 Å². The van der Waals surface area contributed by atoms with Crippen LogP contribution in [0.15, 0.2) is 0 Å². The maximum atomic E-state index is 11.8. The van der Waals surface area contributed by atoms with Gasteiger partial charge < -0.3 is 9.84 Å². The second-order valence-electron chi connectivity index (χ2n) is 7.92. The van der Waals surface area contributed by atoms with Crippen LogP contribution in [-0.4, -0.2) is 23.1 Å². The Kier molecular flexibility index (Phi) is 12.7. The summed E-state index contributed by atoms with van der Waals surface area (Å²) in [6.45, 7) is 11.0. The first kappa shape index (κ1) is 22.9. The number of esters is 1. The minimum atomic E-state index is -0.750. The van der Waals surface area contributed by atoms with Gasteiger partial charge in [0.25, 0.3) is 0 Å². The predicted octanol–water partition coefficient (Wildman–Crippen LogP) is 5.44. The Morgan fingerprint density at radius 3 is 1.88 bits per heavy atom. The molecule has 1 N–H and O–H groups in total. The first-order chi connectivity index (χ1) is 11.2. The highest BCUT2D eigenvalue weighted by Gasteiger charge is 2.16. The van der Waals surface area contributed by atoms with E-state index in [9.17, 15) is 9.59 Å². The molecule has 0 rings (SSSR count). The minimum Gasteiger partial charge on any atom is -0.481 e. The lowest BCUT2D eigenvalue weighted by Gasteiger charge is -2.22. The molecule has 0 saturated heterocycles. The third-order valence-corrected chi connectivity index (χ3v) is 4.27. The molecule has 24 heavy (non-hydrogen) atoms. The van der Waals surface area contributed by atoms with Crippen molar-refractivity contribution in [1.82, 2.24) is 0 Å². The van der Waals surface area contributed by atoms with Gasteiger partial charge in [-0.25, -0.2) is 0 Å². The van der Waals surface area contributed by atoms with E-state index in [1.54, 1.807) is 0 Å². The Balaban J connectivity index is 3.75. The molecule has 0 aliphatic rings. The van der Waals surface area contributed by atoms with Crippen molar-refractivity contribution in [3.63, 3.8) is 0 Å². The minimum absolute atomic E-state index is 0.0224. The zero-order chi connectivity index (χ0) is 18.5.